The van der Waals surface area contributed by atoms with Crippen molar-refractivity contribution in [3.05, 3.63) is 120 Å². The van der Waals surface area contributed by atoms with E-state index in [1.807, 2.05) is 103 Å². The third-order valence-electron chi connectivity index (χ3n) is 6.09. The predicted molar refractivity (Wildman–Crippen MR) is 138 cm³/mol. The summed E-state index contributed by atoms with van der Waals surface area (Å²) in [5.74, 6) is -3.59. The molecular formula is C31H28O5. The summed E-state index contributed by atoms with van der Waals surface area (Å²) in [5.41, 5.74) is 2.34. The Morgan fingerprint density at radius 3 is 1.69 bits per heavy atom. The highest BCUT2D eigenvalue weighted by molar-refractivity contribution is 5.98. The zero-order valence-corrected chi connectivity index (χ0v) is 20.1. The van der Waals surface area contributed by atoms with E-state index >= 15 is 0 Å². The van der Waals surface area contributed by atoms with Gasteiger partial charge in [0.25, 0.3) is 0 Å². The molecule has 0 radical (unpaired) electrons. The van der Waals surface area contributed by atoms with Crippen LogP contribution < -0.4 is 0 Å². The smallest absolute Gasteiger partial charge is 0.321 e. The molecule has 0 amide bonds. The number of fused-ring (bicyclic) bond motifs is 1. The maximum absolute atomic E-state index is 13.5. The molecule has 1 atom stereocenters. The van der Waals surface area contributed by atoms with E-state index in [-0.39, 0.29) is 25.4 Å². The van der Waals surface area contributed by atoms with Gasteiger partial charge in [-0.3, -0.25) is 9.59 Å². The van der Waals surface area contributed by atoms with Gasteiger partial charge in [-0.15, -0.1) is 0 Å². The Morgan fingerprint density at radius 1 is 0.639 bits per heavy atom. The van der Waals surface area contributed by atoms with Gasteiger partial charge in [-0.1, -0.05) is 103 Å². The van der Waals surface area contributed by atoms with Crippen molar-refractivity contribution in [1.82, 2.24) is 0 Å². The Kier molecular flexibility index (Phi) is 8.24. The molecular weight excluding hydrogens is 452 g/mol. The minimum Gasteiger partial charge on any atom is -0.460 e. The van der Waals surface area contributed by atoms with Crippen molar-refractivity contribution in [1.29, 1.82) is 0 Å². The summed E-state index contributed by atoms with van der Waals surface area (Å²) in [5, 5.41) is 1.83. The van der Waals surface area contributed by atoms with E-state index in [0.29, 0.717) is 0 Å². The van der Waals surface area contributed by atoms with E-state index in [0.717, 1.165) is 27.5 Å². The molecule has 4 aromatic carbocycles. The molecule has 0 N–H and O–H groups in total. The Balaban J connectivity index is 1.69. The Hall–Kier alpha value is -4.25. The van der Waals surface area contributed by atoms with Gasteiger partial charge in [-0.05, 0) is 34.4 Å². The molecule has 5 heteroatoms. The van der Waals surface area contributed by atoms with Crippen LogP contribution in [-0.4, -0.2) is 17.7 Å². The fourth-order valence-corrected chi connectivity index (χ4v) is 4.35. The lowest BCUT2D eigenvalue weighted by Crippen LogP contribution is -2.34. The van der Waals surface area contributed by atoms with Crippen molar-refractivity contribution in [3.8, 4) is 0 Å². The second kappa shape index (κ2) is 11.9. The maximum atomic E-state index is 13.5. The lowest BCUT2D eigenvalue weighted by molar-refractivity contribution is -0.165. The molecule has 0 aliphatic rings. The number of hydrogen-bond acceptors (Lipinski definition) is 5. The Morgan fingerprint density at radius 2 is 1.14 bits per heavy atom. The maximum Gasteiger partial charge on any atom is 0.321 e. The lowest BCUT2D eigenvalue weighted by Gasteiger charge is -2.25. The van der Waals surface area contributed by atoms with Gasteiger partial charge in [0.1, 0.15) is 19.0 Å². The third kappa shape index (κ3) is 6.25. The van der Waals surface area contributed by atoms with Crippen LogP contribution in [0.3, 0.4) is 0 Å². The van der Waals surface area contributed by atoms with E-state index in [1.54, 1.807) is 0 Å². The highest BCUT2D eigenvalue weighted by Gasteiger charge is 2.40. The van der Waals surface area contributed by atoms with Gasteiger partial charge >= 0.3 is 11.9 Å². The van der Waals surface area contributed by atoms with Crippen LogP contribution in [0.4, 0.5) is 0 Å². The minimum atomic E-state index is -1.30. The van der Waals surface area contributed by atoms with Crippen LogP contribution in [0, 0.1) is 5.92 Å². The molecule has 0 saturated carbocycles. The van der Waals surface area contributed by atoms with E-state index in [4.69, 9.17) is 9.47 Å². The van der Waals surface area contributed by atoms with Crippen LogP contribution in [0.25, 0.3) is 10.8 Å². The normalized spacial score (nSPS) is 11.7. The second-order valence-corrected chi connectivity index (χ2v) is 8.75. The number of carbonyl (C=O) groups is 3. The molecule has 0 heterocycles. The second-order valence-electron chi connectivity index (χ2n) is 8.75. The molecule has 4 aromatic rings. The summed E-state index contributed by atoms with van der Waals surface area (Å²) in [7, 11) is 0. The third-order valence-corrected chi connectivity index (χ3v) is 6.09. The fourth-order valence-electron chi connectivity index (χ4n) is 4.35. The largest absolute Gasteiger partial charge is 0.460 e. The molecule has 0 saturated heterocycles. The van der Waals surface area contributed by atoms with Gasteiger partial charge in [-0.25, -0.2) is 0 Å². The summed E-state index contributed by atoms with van der Waals surface area (Å²) < 4.78 is 11.2. The summed E-state index contributed by atoms with van der Waals surface area (Å²) >= 11 is 0. The van der Waals surface area contributed by atoms with E-state index < -0.39 is 23.8 Å². The van der Waals surface area contributed by atoms with Gasteiger partial charge < -0.3 is 14.3 Å². The first-order valence-electron chi connectivity index (χ1n) is 11.9. The molecule has 4 rings (SSSR count). The van der Waals surface area contributed by atoms with E-state index in [2.05, 4.69) is 0 Å². The zero-order valence-electron chi connectivity index (χ0n) is 20.1. The van der Waals surface area contributed by atoms with Crippen molar-refractivity contribution in [3.63, 3.8) is 0 Å². The molecule has 0 bridgehead atoms. The van der Waals surface area contributed by atoms with Gasteiger partial charge in [0, 0.05) is 12.3 Å². The first-order valence-corrected chi connectivity index (χ1v) is 11.9. The van der Waals surface area contributed by atoms with Gasteiger partial charge in [0.15, 0.2) is 5.92 Å². The van der Waals surface area contributed by atoms with Crippen LogP contribution >= 0.6 is 0 Å². The molecule has 36 heavy (non-hydrogen) atoms. The van der Waals surface area contributed by atoms with Crippen molar-refractivity contribution >= 4 is 28.5 Å². The number of rotatable bonds is 10. The molecule has 182 valence electrons. The van der Waals surface area contributed by atoms with Crippen molar-refractivity contribution in [2.24, 2.45) is 5.92 Å². The zero-order chi connectivity index (χ0) is 25.3. The first kappa shape index (κ1) is 24.9. The number of benzene rings is 4. The number of ketones is 1. The van der Waals surface area contributed by atoms with Crippen LogP contribution in [0.1, 0.15) is 36.0 Å². The molecule has 0 unspecified atom stereocenters. The van der Waals surface area contributed by atoms with Crippen molar-refractivity contribution in [2.75, 3.05) is 0 Å². The van der Waals surface area contributed by atoms with Gasteiger partial charge in [0.05, 0.1) is 0 Å². The topological polar surface area (TPSA) is 69.7 Å². The average Bonchev–Trinajstić information content (AvgIpc) is 2.91. The molecule has 0 fully saturated rings. The van der Waals surface area contributed by atoms with Gasteiger partial charge in [0.2, 0.25) is 0 Å². The number of carbonyl (C=O) groups excluding carboxylic acids is 3. The van der Waals surface area contributed by atoms with Crippen molar-refractivity contribution in [2.45, 2.75) is 32.5 Å². The molecule has 0 aliphatic heterocycles. The number of ether oxygens (including phenoxy) is 2. The fraction of sp³-hybridized carbons (Fsp3) is 0.194. The Labute approximate surface area is 210 Å². The van der Waals surface area contributed by atoms with Crippen LogP contribution in [0.2, 0.25) is 0 Å². The predicted octanol–water partition coefficient (Wildman–Crippen LogP) is 6.01. The average molecular weight is 481 g/mol. The minimum absolute atomic E-state index is 0.000448. The van der Waals surface area contributed by atoms with E-state index in [1.165, 1.54) is 6.92 Å². The molecule has 0 spiro atoms. The van der Waals surface area contributed by atoms with Crippen LogP contribution in [-0.2, 0) is 37.1 Å². The van der Waals surface area contributed by atoms with Gasteiger partial charge in [-0.2, -0.15) is 0 Å². The lowest BCUT2D eigenvalue weighted by atomic mass is 9.80. The summed E-state index contributed by atoms with van der Waals surface area (Å²) in [6.07, 6.45) is -0.000448. The van der Waals surface area contributed by atoms with Crippen LogP contribution in [0.15, 0.2) is 103 Å². The molecule has 0 aliphatic carbocycles. The van der Waals surface area contributed by atoms with Crippen LogP contribution in [0.5, 0.6) is 0 Å². The molecule has 5 nitrogen and oxygen atoms in total. The quantitative estimate of drug-likeness (QED) is 0.206. The highest BCUT2D eigenvalue weighted by atomic mass is 16.6. The number of Topliss-reactive ketones (excluding diaryl/α,β-unsaturated/α-hetero) is 1. The first-order chi connectivity index (χ1) is 17.5. The molecule has 0 aromatic heterocycles. The highest BCUT2D eigenvalue weighted by Crippen LogP contribution is 2.35. The summed E-state index contributed by atoms with van der Waals surface area (Å²) in [6, 6.07) is 31.9. The number of esters is 2. The standard InChI is InChI=1S/C31H28O5/c1-22(32)19-28(27-18-10-16-25-15-8-9-17-26(25)27)29(30(33)35-20-23-11-4-2-5-12-23)31(34)36-21-24-13-6-3-7-14-24/h2-18,28-29H,19-21H2,1H3/t28-/m0/s1. The summed E-state index contributed by atoms with van der Waals surface area (Å²) in [4.78, 5) is 39.3. The summed E-state index contributed by atoms with van der Waals surface area (Å²) in [6.45, 7) is 1.49. The van der Waals surface area contributed by atoms with Crippen molar-refractivity contribution < 1.29 is 23.9 Å². The monoisotopic (exact) mass is 480 g/mol. The number of hydrogen-bond donors (Lipinski definition) is 0. The SMILES string of the molecule is CC(=O)C[C@@H](c1cccc2ccccc12)C(C(=O)OCc1ccccc1)C(=O)OCc1ccccc1. The Bertz CT molecular complexity index is 1270. The van der Waals surface area contributed by atoms with E-state index in [9.17, 15) is 14.4 Å².